The standard InChI is InChI=1S/C16H24BrNO2S/c1-12-9-13(17)5-6-14(12)21-10-15(20)18-11-16(2,3)7-4-8-19/h5-6,9,19H,4,7-8,10-11H2,1-3H3,(H,18,20). The van der Waals surface area contributed by atoms with Gasteiger partial charge >= 0.3 is 0 Å². The minimum Gasteiger partial charge on any atom is -0.396 e. The molecule has 0 atom stereocenters. The molecule has 5 heteroatoms. The van der Waals surface area contributed by atoms with E-state index in [1.165, 1.54) is 5.56 Å². The maximum absolute atomic E-state index is 11.9. The lowest BCUT2D eigenvalue weighted by atomic mass is 9.88. The van der Waals surface area contributed by atoms with Crippen LogP contribution in [0.5, 0.6) is 0 Å². The van der Waals surface area contributed by atoms with Gasteiger partial charge in [-0.15, -0.1) is 11.8 Å². The fourth-order valence-electron chi connectivity index (χ4n) is 1.95. The van der Waals surface area contributed by atoms with E-state index in [9.17, 15) is 4.79 Å². The predicted octanol–water partition coefficient (Wildman–Crippen LogP) is 3.76. The van der Waals surface area contributed by atoms with E-state index in [1.54, 1.807) is 11.8 Å². The number of aliphatic hydroxyl groups excluding tert-OH is 1. The number of aryl methyl sites for hydroxylation is 1. The van der Waals surface area contributed by atoms with Gasteiger partial charge in [0.05, 0.1) is 5.75 Å². The summed E-state index contributed by atoms with van der Waals surface area (Å²) in [5, 5.41) is 11.9. The van der Waals surface area contributed by atoms with Crippen molar-refractivity contribution in [3.63, 3.8) is 0 Å². The molecule has 0 saturated heterocycles. The SMILES string of the molecule is Cc1cc(Br)ccc1SCC(=O)NCC(C)(C)CCCO. The van der Waals surface area contributed by atoms with Crippen LogP contribution in [0.3, 0.4) is 0 Å². The fraction of sp³-hybridized carbons (Fsp3) is 0.562. The molecule has 0 aliphatic carbocycles. The number of thioether (sulfide) groups is 1. The number of hydrogen-bond donors (Lipinski definition) is 2. The minimum absolute atomic E-state index is 0.0244. The largest absolute Gasteiger partial charge is 0.396 e. The summed E-state index contributed by atoms with van der Waals surface area (Å²) in [4.78, 5) is 13.1. The third-order valence-corrected chi connectivity index (χ3v) is 4.94. The van der Waals surface area contributed by atoms with Crippen molar-refractivity contribution >= 4 is 33.6 Å². The van der Waals surface area contributed by atoms with Crippen molar-refractivity contribution in [3.05, 3.63) is 28.2 Å². The summed E-state index contributed by atoms with van der Waals surface area (Å²) in [7, 11) is 0. The van der Waals surface area contributed by atoms with Crippen LogP contribution in [0.2, 0.25) is 0 Å². The van der Waals surface area contributed by atoms with Crippen molar-refractivity contribution < 1.29 is 9.90 Å². The first-order valence-corrected chi connectivity index (χ1v) is 8.88. The molecule has 21 heavy (non-hydrogen) atoms. The van der Waals surface area contributed by atoms with E-state index < -0.39 is 0 Å². The van der Waals surface area contributed by atoms with Crippen LogP contribution in [0, 0.1) is 12.3 Å². The van der Waals surface area contributed by atoms with Crippen LogP contribution in [-0.4, -0.2) is 29.9 Å². The van der Waals surface area contributed by atoms with Gasteiger partial charge < -0.3 is 10.4 Å². The molecular weight excluding hydrogens is 350 g/mol. The number of carbonyl (C=O) groups is 1. The third-order valence-electron chi connectivity index (χ3n) is 3.27. The number of aliphatic hydroxyl groups is 1. The van der Waals surface area contributed by atoms with Crippen LogP contribution in [0.25, 0.3) is 0 Å². The molecule has 0 unspecified atom stereocenters. The monoisotopic (exact) mass is 373 g/mol. The molecule has 0 heterocycles. The highest BCUT2D eigenvalue weighted by molar-refractivity contribution is 9.10. The van der Waals surface area contributed by atoms with E-state index in [1.807, 2.05) is 19.1 Å². The Bertz CT molecular complexity index is 477. The number of halogens is 1. The van der Waals surface area contributed by atoms with Crippen LogP contribution in [-0.2, 0) is 4.79 Å². The second-order valence-corrected chi connectivity index (χ2v) is 7.90. The van der Waals surface area contributed by atoms with Gasteiger partial charge in [0, 0.05) is 22.5 Å². The first kappa shape index (κ1) is 18.5. The van der Waals surface area contributed by atoms with Crippen LogP contribution in [0.1, 0.15) is 32.3 Å². The van der Waals surface area contributed by atoms with Gasteiger partial charge in [0.25, 0.3) is 0 Å². The van der Waals surface area contributed by atoms with E-state index in [0.29, 0.717) is 12.3 Å². The van der Waals surface area contributed by atoms with E-state index in [-0.39, 0.29) is 17.9 Å². The van der Waals surface area contributed by atoms with E-state index in [2.05, 4.69) is 41.2 Å². The van der Waals surface area contributed by atoms with Gasteiger partial charge in [0.15, 0.2) is 0 Å². The van der Waals surface area contributed by atoms with Gasteiger partial charge in [-0.2, -0.15) is 0 Å². The zero-order valence-electron chi connectivity index (χ0n) is 12.9. The van der Waals surface area contributed by atoms with Crippen LogP contribution >= 0.6 is 27.7 Å². The van der Waals surface area contributed by atoms with Gasteiger partial charge in [-0.3, -0.25) is 4.79 Å². The first-order chi connectivity index (χ1) is 9.84. The smallest absolute Gasteiger partial charge is 0.230 e. The lowest BCUT2D eigenvalue weighted by Gasteiger charge is -2.24. The van der Waals surface area contributed by atoms with Crippen molar-refractivity contribution in [2.24, 2.45) is 5.41 Å². The van der Waals surface area contributed by atoms with Crippen molar-refractivity contribution in [2.75, 3.05) is 18.9 Å². The van der Waals surface area contributed by atoms with Gasteiger partial charge in [-0.25, -0.2) is 0 Å². The molecule has 0 fully saturated rings. The number of nitrogens with one attached hydrogen (secondary N) is 1. The van der Waals surface area contributed by atoms with Crippen molar-refractivity contribution in [3.8, 4) is 0 Å². The molecule has 0 bridgehead atoms. The minimum atomic E-state index is 0.0244. The Morgan fingerprint density at radius 2 is 2.14 bits per heavy atom. The Morgan fingerprint density at radius 1 is 1.43 bits per heavy atom. The quantitative estimate of drug-likeness (QED) is 0.681. The number of benzene rings is 1. The molecule has 2 N–H and O–H groups in total. The highest BCUT2D eigenvalue weighted by atomic mass is 79.9. The Hall–Kier alpha value is -0.520. The number of carbonyl (C=O) groups excluding carboxylic acids is 1. The molecule has 1 amide bonds. The van der Waals surface area contributed by atoms with E-state index in [4.69, 9.17) is 5.11 Å². The molecule has 1 aromatic rings. The molecule has 0 spiro atoms. The summed E-state index contributed by atoms with van der Waals surface area (Å²) < 4.78 is 1.06. The van der Waals surface area contributed by atoms with Gasteiger partial charge in [0.1, 0.15) is 0 Å². The molecule has 0 saturated carbocycles. The maximum atomic E-state index is 11.9. The molecule has 0 aromatic heterocycles. The summed E-state index contributed by atoms with van der Waals surface area (Å²) in [5.74, 6) is 0.484. The Balaban J connectivity index is 2.37. The average molecular weight is 374 g/mol. The van der Waals surface area contributed by atoms with Gasteiger partial charge in [-0.05, 0) is 48.9 Å². The first-order valence-electron chi connectivity index (χ1n) is 7.10. The van der Waals surface area contributed by atoms with Crippen molar-refractivity contribution in [1.29, 1.82) is 0 Å². The molecule has 1 rings (SSSR count). The second kappa shape index (κ2) is 8.81. The molecule has 3 nitrogen and oxygen atoms in total. The summed E-state index contributed by atoms with van der Waals surface area (Å²) >= 11 is 5.00. The van der Waals surface area contributed by atoms with Gasteiger partial charge in [-0.1, -0.05) is 29.8 Å². The molecule has 0 radical (unpaired) electrons. The van der Waals surface area contributed by atoms with Crippen LogP contribution in [0.4, 0.5) is 0 Å². The van der Waals surface area contributed by atoms with E-state index in [0.717, 1.165) is 22.2 Å². The average Bonchev–Trinajstić information content (AvgIpc) is 2.42. The normalized spacial score (nSPS) is 11.5. The van der Waals surface area contributed by atoms with Crippen LogP contribution < -0.4 is 5.32 Å². The zero-order chi connectivity index (χ0) is 15.9. The lowest BCUT2D eigenvalue weighted by Crippen LogP contribution is -2.35. The Kier molecular flexibility index (Phi) is 7.77. The highest BCUT2D eigenvalue weighted by Gasteiger charge is 2.18. The summed E-state index contributed by atoms with van der Waals surface area (Å²) in [6.07, 6.45) is 1.68. The summed E-state index contributed by atoms with van der Waals surface area (Å²) in [6, 6.07) is 6.08. The zero-order valence-corrected chi connectivity index (χ0v) is 15.3. The van der Waals surface area contributed by atoms with Crippen molar-refractivity contribution in [2.45, 2.75) is 38.5 Å². The molecule has 0 aliphatic rings. The van der Waals surface area contributed by atoms with E-state index >= 15 is 0 Å². The van der Waals surface area contributed by atoms with Crippen molar-refractivity contribution in [1.82, 2.24) is 5.32 Å². The second-order valence-electron chi connectivity index (χ2n) is 5.97. The summed E-state index contributed by atoms with van der Waals surface area (Å²) in [6.45, 7) is 7.11. The molecule has 0 aliphatic heterocycles. The summed E-state index contributed by atoms with van der Waals surface area (Å²) in [5.41, 5.74) is 1.20. The van der Waals surface area contributed by atoms with Gasteiger partial charge in [0.2, 0.25) is 5.91 Å². The highest BCUT2D eigenvalue weighted by Crippen LogP contribution is 2.25. The Morgan fingerprint density at radius 3 is 2.76 bits per heavy atom. The Labute approximate surface area is 140 Å². The molecule has 1 aromatic carbocycles. The lowest BCUT2D eigenvalue weighted by molar-refractivity contribution is -0.119. The third kappa shape index (κ3) is 7.34. The predicted molar refractivity (Wildman–Crippen MR) is 92.7 cm³/mol. The molecule has 118 valence electrons. The van der Waals surface area contributed by atoms with Crippen LogP contribution in [0.15, 0.2) is 27.6 Å². The number of hydrogen-bond acceptors (Lipinski definition) is 3. The topological polar surface area (TPSA) is 49.3 Å². The number of rotatable bonds is 8. The molecular formula is C16H24BrNO2S. The maximum Gasteiger partial charge on any atom is 0.230 e. The fourth-order valence-corrected chi connectivity index (χ4v) is 3.27. The number of amides is 1.